The summed E-state index contributed by atoms with van der Waals surface area (Å²) in [5.41, 5.74) is 3.60. The Morgan fingerprint density at radius 3 is 2.12 bits per heavy atom. The monoisotopic (exact) mass is 334 g/mol. The average Bonchev–Trinajstić information content (AvgIpc) is 2.66. The summed E-state index contributed by atoms with van der Waals surface area (Å²) in [6.45, 7) is 7.45. The maximum atomic E-state index is 4.85. The fourth-order valence-corrected chi connectivity index (χ4v) is 3.68. The number of pyridine rings is 1. The van der Waals surface area contributed by atoms with Gasteiger partial charge >= 0.3 is 0 Å². The predicted octanol–water partition coefficient (Wildman–Crippen LogP) is 2.77. The highest BCUT2D eigenvalue weighted by Crippen LogP contribution is 2.27. The van der Waals surface area contributed by atoms with Gasteiger partial charge in [0.1, 0.15) is 0 Å². The topological polar surface area (TPSA) is 40.2 Å². The number of nitrogens with zero attached hydrogens (tertiary/aromatic N) is 2. The van der Waals surface area contributed by atoms with Crippen LogP contribution in [0.1, 0.15) is 12.0 Å². The van der Waals surface area contributed by atoms with Gasteiger partial charge in [0.15, 0.2) is 0 Å². The minimum atomic E-state index is 0.977. The van der Waals surface area contributed by atoms with Crippen molar-refractivity contribution in [2.24, 2.45) is 0 Å². The lowest BCUT2D eigenvalue weighted by molar-refractivity contribution is 0.258. The summed E-state index contributed by atoms with van der Waals surface area (Å²) in [6, 6.07) is 17.1. The average molecular weight is 334 g/mol. The van der Waals surface area contributed by atoms with Gasteiger partial charge in [-0.15, -0.1) is 0 Å². The molecule has 0 aliphatic carbocycles. The summed E-state index contributed by atoms with van der Waals surface area (Å²) in [5.74, 6) is 0. The van der Waals surface area contributed by atoms with E-state index in [-0.39, 0.29) is 0 Å². The maximum Gasteiger partial charge on any atom is 0.0713 e. The lowest BCUT2D eigenvalue weighted by Gasteiger charge is -2.25. The van der Waals surface area contributed by atoms with Crippen molar-refractivity contribution in [2.45, 2.75) is 13.0 Å². The van der Waals surface area contributed by atoms with Crippen molar-refractivity contribution >= 4 is 21.8 Å². The smallest absolute Gasteiger partial charge is 0.0713 e. The van der Waals surface area contributed by atoms with Crippen LogP contribution >= 0.6 is 0 Å². The molecule has 2 N–H and O–H groups in total. The summed E-state index contributed by atoms with van der Waals surface area (Å²) in [4.78, 5) is 7.43. The number of fused-ring (bicyclic) bond motifs is 2. The molecule has 0 amide bonds. The zero-order valence-corrected chi connectivity index (χ0v) is 14.7. The number of para-hydroxylation sites is 2. The molecule has 4 rings (SSSR count). The van der Waals surface area contributed by atoms with Crippen LogP contribution in [-0.4, -0.2) is 49.2 Å². The highest BCUT2D eigenvalue weighted by molar-refractivity contribution is 5.97. The SMILES string of the molecule is c1ccc2c(CN3CCCNCCNCC3)c3ccccc3nc2c1. The second-order valence-electron chi connectivity index (χ2n) is 6.75. The molecular weight excluding hydrogens is 308 g/mol. The number of hydrogen-bond donors (Lipinski definition) is 2. The number of hydrogen-bond acceptors (Lipinski definition) is 4. The second-order valence-corrected chi connectivity index (χ2v) is 6.75. The van der Waals surface area contributed by atoms with Crippen molar-refractivity contribution in [3.8, 4) is 0 Å². The molecule has 0 unspecified atom stereocenters. The van der Waals surface area contributed by atoms with Crippen LogP contribution in [0.3, 0.4) is 0 Å². The molecule has 1 fully saturated rings. The molecule has 0 spiro atoms. The largest absolute Gasteiger partial charge is 0.315 e. The number of rotatable bonds is 2. The highest BCUT2D eigenvalue weighted by Gasteiger charge is 2.13. The van der Waals surface area contributed by atoms with Gasteiger partial charge in [-0.3, -0.25) is 4.90 Å². The molecule has 0 atom stereocenters. The van der Waals surface area contributed by atoms with Crippen LogP contribution in [0.2, 0.25) is 0 Å². The third-order valence-corrected chi connectivity index (χ3v) is 4.99. The van der Waals surface area contributed by atoms with Crippen LogP contribution in [0.15, 0.2) is 48.5 Å². The number of nitrogens with one attached hydrogen (secondary N) is 2. The fourth-order valence-electron chi connectivity index (χ4n) is 3.68. The van der Waals surface area contributed by atoms with Crippen molar-refractivity contribution < 1.29 is 0 Å². The first kappa shape index (κ1) is 16.5. The van der Waals surface area contributed by atoms with Crippen molar-refractivity contribution in [2.75, 3.05) is 39.3 Å². The molecule has 4 nitrogen and oxygen atoms in total. The standard InChI is InChI=1S/C21H26N4/c1-3-8-20-17(6-1)19(18-7-2-4-9-21(18)24-20)16-25-14-5-10-22-11-12-23-13-15-25/h1-4,6-9,22-23H,5,10-16H2. The van der Waals surface area contributed by atoms with E-state index in [0.717, 1.165) is 56.8 Å². The zero-order chi connectivity index (χ0) is 16.9. The minimum absolute atomic E-state index is 0.977. The second kappa shape index (κ2) is 7.91. The normalized spacial score (nSPS) is 17.8. The molecule has 1 saturated heterocycles. The van der Waals surface area contributed by atoms with Gasteiger partial charge in [-0.1, -0.05) is 36.4 Å². The number of aromatic nitrogens is 1. The summed E-state index contributed by atoms with van der Waals surface area (Å²) in [5, 5.41) is 9.59. The molecule has 1 aliphatic rings. The molecule has 2 aromatic carbocycles. The molecular formula is C21H26N4. The Morgan fingerprint density at radius 2 is 1.40 bits per heavy atom. The molecule has 0 bridgehead atoms. The summed E-state index contributed by atoms with van der Waals surface area (Å²) < 4.78 is 0. The van der Waals surface area contributed by atoms with E-state index >= 15 is 0 Å². The lowest BCUT2D eigenvalue weighted by Crippen LogP contribution is -2.38. The van der Waals surface area contributed by atoms with Gasteiger partial charge in [0.05, 0.1) is 11.0 Å². The zero-order valence-electron chi connectivity index (χ0n) is 14.7. The van der Waals surface area contributed by atoms with Gasteiger partial charge in [0.25, 0.3) is 0 Å². The van der Waals surface area contributed by atoms with Gasteiger partial charge in [-0.25, -0.2) is 4.98 Å². The van der Waals surface area contributed by atoms with Gasteiger partial charge in [-0.05, 0) is 37.2 Å². The van der Waals surface area contributed by atoms with E-state index in [2.05, 4.69) is 64.1 Å². The van der Waals surface area contributed by atoms with Gasteiger partial charge < -0.3 is 10.6 Å². The Morgan fingerprint density at radius 1 is 0.760 bits per heavy atom. The molecule has 4 heteroatoms. The van der Waals surface area contributed by atoms with E-state index in [1.54, 1.807) is 0 Å². The van der Waals surface area contributed by atoms with E-state index in [4.69, 9.17) is 4.98 Å². The Bertz CT molecular complexity index is 782. The molecule has 1 aliphatic heterocycles. The lowest BCUT2D eigenvalue weighted by atomic mass is 10.0. The van der Waals surface area contributed by atoms with Crippen LogP contribution in [0.25, 0.3) is 21.8 Å². The van der Waals surface area contributed by atoms with E-state index in [1.807, 2.05) is 0 Å². The third kappa shape index (κ3) is 3.82. The Labute approximate surface area is 149 Å². The Kier molecular flexibility index (Phi) is 5.21. The molecule has 0 saturated carbocycles. The molecule has 0 radical (unpaired) electrons. The van der Waals surface area contributed by atoms with E-state index in [0.29, 0.717) is 0 Å². The van der Waals surface area contributed by atoms with Crippen molar-refractivity contribution in [3.63, 3.8) is 0 Å². The van der Waals surface area contributed by atoms with Crippen LogP contribution in [0.4, 0.5) is 0 Å². The first-order valence-electron chi connectivity index (χ1n) is 9.32. The van der Waals surface area contributed by atoms with E-state index < -0.39 is 0 Å². The van der Waals surface area contributed by atoms with Gasteiger partial charge in [0, 0.05) is 43.5 Å². The van der Waals surface area contributed by atoms with Crippen LogP contribution in [-0.2, 0) is 6.54 Å². The van der Waals surface area contributed by atoms with Crippen LogP contribution < -0.4 is 10.6 Å². The third-order valence-electron chi connectivity index (χ3n) is 4.99. The van der Waals surface area contributed by atoms with Crippen LogP contribution in [0.5, 0.6) is 0 Å². The van der Waals surface area contributed by atoms with Crippen molar-refractivity contribution in [1.29, 1.82) is 0 Å². The maximum absolute atomic E-state index is 4.85. The number of benzene rings is 2. The quantitative estimate of drug-likeness (QED) is 0.707. The molecule has 2 heterocycles. The highest BCUT2D eigenvalue weighted by atomic mass is 15.1. The molecule has 25 heavy (non-hydrogen) atoms. The Hall–Kier alpha value is -2.01. The van der Waals surface area contributed by atoms with E-state index in [9.17, 15) is 0 Å². The first-order chi connectivity index (χ1) is 12.4. The summed E-state index contributed by atoms with van der Waals surface area (Å²) in [7, 11) is 0. The predicted molar refractivity (Wildman–Crippen MR) is 105 cm³/mol. The molecule has 130 valence electrons. The van der Waals surface area contributed by atoms with E-state index in [1.165, 1.54) is 22.8 Å². The summed E-state index contributed by atoms with van der Waals surface area (Å²) in [6.07, 6.45) is 1.20. The minimum Gasteiger partial charge on any atom is -0.315 e. The fraction of sp³-hybridized carbons (Fsp3) is 0.381. The van der Waals surface area contributed by atoms with Gasteiger partial charge in [0.2, 0.25) is 0 Å². The Balaban J connectivity index is 1.70. The van der Waals surface area contributed by atoms with Crippen LogP contribution in [0, 0.1) is 0 Å². The van der Waals surface area contributed by atoms with Gasteiger partial charge in [-0.2, -0.15) is 0 Å². The molecule has 3 aromatic rings. The van der Waals surface area contributed by atoms with Crippen molar-refractivity contribution in [1.82, 2.24) is 20.5 Å². The van der Waals surface area contributed by atoms with Crippen molar-refractivity contribution in [3.05, 3.63) is 54.1 Å². The molecule has 1 aromatic heterocycles. The first-order valence-corrected chi connectivity index (χ1v) is 9.32. The summed E-state index contributed by atoms with van der Waals surface area (Å²) >= 11 is 0.